The number of anilines is 1. The van der Waals surface area contributed by atoms with Gasteiger partial charge in [0.15, 0.2) is 0 Å². The Hall–Kier alpha value is -2.03. The van der Waals surface area contributed by atoms with Gasteiger partial charge in [0.25, 0.3) is 0 Å². The second-order valence-corrected chi connectivity index (χ2v) is 5.01. The summed E-state index contributed by atoms with van der Waals surface area (Å²) in [6.45, 7) is 13.0. The number of benzene rings is 1. The summed E-state index contributed by atoms with van der Waals surface area (Å²) in [5.74, 6) is 0.555. The molecule has 0 radical (unpaired) electrons. The summed E-state index contributed by atoms with van der Waals surface area (Å²) >= 11 is 0. The van der Waals surface area contributed by atoms with Gasteiger partial charge in [-0.15, -0.1) is 13.2 Å². The number of amides is 1. The topological polar surface area (TPSA) is 32.3 Å². The number of nitrogens with one attached hydrogen (secondary N) is 1. The van der Waals surface area contributed by atoms with Gasteiger partial charge < -0.3 is 10.2 Å². The molecule has 0 aromatic heterocycles. The molecule has 1 amide bonds. The normalized spacial score (nSPS) is 10.2. The SMILES string of the molecule is C=CCN(CC=C)C(=O)CNc1ccc(C(C)C)cc1. The molecule has 0 fully saturated rings. The standard InChI is InChI=1S/C17H24N2O/c1-5-11-19(12-6-2)17(20)13-18-16-9-7-15(8-10-16)14(3)4/h5-10,14,18H,1-2,11-13H2,3-4H3. The molecule has 108 valence electrons. The van der Waals surface area contributed by atoms with Crippen LogP contribution in [0.25, 0.3) is 0 Å². The fraction of sp³-hybridized carbons (Fsp3) is 0.353. The fourth-order valence-corrected chi connectivity index (χ4v) is 1.87. The first-order chi connectivity index (χ1) is 9.58. The predicted octanol–water partition coefficient (Wildman–Crippen LogP) is 3.42. The van der Waals surface area contributed by atoms with Crippen LogP contribution < -0.4 is 5.32 Å². The molecule has 0 aliphatic carbocycles. The van der Waals surface area contributed by atoms with Crippen LogP contribution in [0.15, 0.2) is 49.6 Å². The lowest BCUT2D eigenvalue weighted by Gasteiger charge is -2.19. The molecular formula is C17H24N2O. The lowest BCUT2D eigenvalue weighted by Crippen LogP contribution is -2.35. The first-order valence-corrected chi connectivity index (χ1v) is 6.92. The Morgan fingerprint density at radius 1 is 1.20 bits per heavy atom. The highest BCUT2D eigenvalue weighted by molar-refractivity contribution is 5.81. The third-order valence-electron chi connectivity index (χ3n) is 3.07. The minimum Gasteiger partial charge on any atom is -0.376 e. The molecule has 3 heteroatoms. The average molecular weight is 272 g/mol. The predicted molar refractivity (Wildman–Crippen MR) is 86.0 cm³/mol. The molecule has 3 nitrogen and oxygen atoms in total. The number of carbonyl (C=O) groups excluding carboxylic acids is 1. The Balaban J connectivity index is 2.54. The zero-order valence-corrected chi connectivity index (χ0v) is 12.4. The van der Waals surface area contributed by atoms with Crippen molar-refractivity contribution < 1.29 is 4.79 Å². The molecule has 0 saturated carbocycles. The molecule has 1 rings (SSSR count). The quantitative estimate of drug-likeness (QED) is 0.735. The van der Waals surface area contributed by atoms with Crippen molar-refractivity contribution in [1.29, 1.82) is 0 Å². The van der Waals surface area contributed by atoms with E-state index >= 15 is 0 Å². The van der Waals surface area contributed by atoms with Crippen LogP contribution in [-0.4, -0.2) is 30.4 Å². The van der Waals surface area contributed by atoms with E-state index in [4.69, 9.17) is 0 Å². The third kappa shape index (κ3) is 4.92. The molecule has 0 aliphatic rings. The first kappa shape index (κ1) is 16.0. The smallest absolute Gasteiger partial charge is 0.242 e. The van der Waals surface area contributed by atoms with Gasteiger partial charge in [-0.1, -0.05) is 38.1 Å². The van der Waals surface area contributed by atoms with Crippen molar-refractivity contribution >= 4 is 11.6 Å². The van der Waals surface area contributed by atoms with Crippen molar-refractivity contribution in [3.05, 3.63) is 55.1 Å². The van der Waals surface area contributed by atoms with Crippen molar-refractivity contribution in [3.8, 4) is 0 Å². The third-order valence-corrected chi connectivity index (χ3v) is 3.07. The Labute approximate surface area is 122 Å². The largest absolute Gasteiger partial charge is 0.376 e. The van der Waals surface area contributed by atoms with Crippen LogP contribution >= 0.6 is 0 Å². The minimum absolute atomic E-state index is 0.0396. The second kappa shape index (κ2) is 8.20. The Kier molecular flexibility index (Phi) is 6.57. The Morgan fingerprint density at radius 3 is 2.20 bits per heavy atom. The second-order valence-electron chi connectivity index (χ2n) is 5.01. The lowest BCUT2D eigenvalue weighted by atomic mass is 10.0. The van der Waals surface area contributed by atoms with Gasteiger partial charge in [0.2, 0.25) is 5.91 Å². The van der Waals surface area contributed by atoms with Crippen LogP contribution in [-0.2, 0) is 4.79 Å². The summed E-state index contributed by atoms with van der Waals surface area (Å²) < 4.78 is 0. The highest BCUT2D eigenvalue weighted by Crippen LogP contribution is 2.16. The molecule has 0 atom stereocenters. The van der Waals surface area contributed by atoms with Gasteiger partial charge in [-0.3, -0.25) is 4.79 Å². The molecule has 0 heterocycles. The molecule has 1 aromatic rings. The van der Waals surface area contributed by atoms with Crippen molar-refractivity contribution in [2.45, 2.75) is 19.8 Å². The molecule has 0 aliphatic heterocycles. The highest BCUT2D eigenvalue weighted by Gasteiger charge is 2.09. The van der Waals surface area contributed by atoms with Crippen LogP contribution in [0, 0.1) is 0 Å². The van der Waals surface area contributed by atoms with E-state index in [0.29, 0.717) is 19.0 Å². The van der Waals surface area contributed by atoms with Gasteiger partial charge in [-0.2, -0.15) is 0 Å². The van der Waals surface area contributed by atoms with Crippen LogP contribution in [0.4, 0.5) is 5.69 Å². The van der Waals surface area contributed by atoms with Crippen molar-refractivity contribution in [1.82, 2.24) is 4.90 Å². The average Bonchev–Trinajstić information content (AvgIpc) is 2.45. The Morgan fingerprint density at radius 2 is 1.75 bits per heavy atom. The molecule has 1 aromatic carbocycles. The maximum atomic E-state index is 12.0. The van der Waals surface area contributed by atoms with Gasteiger partial charge in [-0.25, -0.2) is 0 Å². The van der Waals surface area contributed by atoms with Gasteiger partial charge in [0, 0.05) is 18.8 Å². The van der Waals surface area contributed by atoms with E-state index in [1.807, 2.05) is 12.1 Å². The summed E-state index contributed by atoms with van der Waals surface area (Å²) in [6.07, 6.45) is 3.44. The number of rotatable bonds is 8. The monoisotopic (exact) mass is 272 g/mol. The summed E-state index contributed by atoms with van der Waals surface area (Å²) in [4.78, 5) is 13.7. The van der Waals surface area contributed by atoms with Crippen LogP contribution in [0.5, 0.6) is 0 Å². The van der Waals surface area contributed by atoms with E-state index in [0.717, 1.165) is 5.69 Å². The van der Waals surface area contributed by atoms with E-state index in [1.165, 1.54) is 5.56 Å². The summed E-state index contributed by atoms with van der Waals surface area (Å²) in [6, 6.07) is 8.19. The number of hydrogen-bond acceptors (Lipinski definition) is 2. The Bertz CT molecular complexity index is 439. The lowest BCUT2D eigenvalue weighted by molar-refractivity contribution is -0.128. The van der Waals surface area contributed by atoms with Gasteiger partial charge in [-0.05, 0) is 23.6 Å². The number of hydrogen-bond donors (Lipinski definition) is 1. The molecule has 0 saturated heterocycles. The highest BCUT2D eigenvalue weighted by atomic mass is 16.2. The van der Waals surface area contributed by atoms with Crippen LogP contribution in [0.2, 0.25) is 0 Å². The number of nitrogens with zero attached hydrogens (tertiary/aromatic N) is 1. The molecule has 0 bridgehead atoms. The summed E-state index contributed by atoms with van der Waals surface area (Å²) in [5.41, 5.74) is 2.25. The zero-order valence-electron chi connectivity index (χ0n) is 12.4. The zero-order chi connectivity index (χ0) is 15.0. The summed E-state index contributed by atoms with van der Waals surface area (Å²) in [5, 5.41) is 3.15. The van der Waals surface area contributed by atoms with E-state index in [9.17, 15) is 4.79 Å². The van der Waals surface area contributed by atoms with Gasteiger partial charge in [0.1, 0.15) is 0 Å². The van der Waals surface area contributed by atoms with Crippen LogP contribution in [0.3, 0.4) is 0 Å². The minimum atomic E-state index is 0.0396. The summed E-state index contributed by atoms with van der Waals surface area (Å²) in [7, 11) is 0. The number of carbonyl (C=O) groups is 1. The molecular weight excluding hydrogens is 248 g/mol. The van der Waals surface area contributed by atoms with Gasteiger partial charge in [0.05, 0.1) is 6.54 Å². The van der Waals surface area contributed by atoms with E-state index in [1.54, 1.807) is 17.1 Å². The molecule has 1 N–H and O–H groups in total. The molecule has 20 heavy (non-hydrogen) atoms. The fourth-order valence-electron chi connectivity index (χ4n) is 1.87. The molecule has 0 unspecified atom stereocenters. The maximum Gasteiger partial charge on any atom is 0.242 e. The van der Waals surface area contributed by atoms with Crippen molar-refractivity contribution in [2.24, 2.45) is 0 Å². The van der Waals surface area contributed by atoms with E-state index < -0.39 is 0 Å². The van der Waals surface area contributed by atoms with Crippen LogP contribution in [0.1, 0.15) is 25.3 Å². The maximum absolute atomic E-state index is 12.0. The van der Waals surface area contributed by atoms with Gasteiger partial charge >= 0.3 is 0 Å². The molecule has 0 spiro atoms. The van der Waals surface area contributed by atoms with E-state index in [2.05, 4.69) is 44.5 Å². The van der Waals surface area contributed by atoms with E-state index in [-0.39, 0.29) is 12.5 Å². The first-order valence-electron chi connectivity index (χ1n) is 6.92. The van der Waals surface area contributed by atoms with Crippen molar-refractivity contribution in [3.63, 3.8) is 0 Å². The van der Waals surface area contributed by atoms with Crippen molar-refractivity contribution in [2.75, 3.05) is 25.0 Å².